The summed E-state index contributed by atoms with van der Waals surface area (Å²) < 4.78 is 16.3. The lowest BCUT2D eigenvalue weighted by Gasteiger charge is -2.41. The summed E-state index contributed by atoms with van der Waals surface area (Å²) in [5.74, 6) is -0.427. The SMILES string of the molecule is COC(=O)C[C@@H]1C[C@H](NC(=O)OCC2c3ccccc3-c3ccccc32)[C@@H](O)[C@H](C(C)C)O1. The summed E-state index contributed by atoms with van der Waals surface area (Å²) >= 11 is 0. The predicted molar refractivity (Wildman–Crippen MR) is 123 cm³/mol. The summed E-state index contributed by atoms with van der Waals surface area (Å²) in [6.07, 6.45) is -2.10. The molecule has 2 aliphatic rings. The smallest absolute Gasteiger partial charge is 0.407 e. The van der Waals surface area contributed by atoms with Gasteiger partial charge in [-0.2, -0.15) is 0 Å². The third-order valence-electron chi connectivity index (χ3n) is 6.54. The number of amides is 1. The largest absolute Gasteiger partial charge is 0.469 e. The lowest BCUT2D eigenvalue weighted by atomic mass is 9.88. The van der Waals surface area contributed by atoms with Crippen molar-refractivity contribution in [2.45, 2.75) is 57.0 Å². The zero-order valence-electron chi connectivity index (χ0n) is 19.2. The first-order chi connectivity index (χ1) is 15.9. The van der Waals surface area contributed by atoms with Gasteiger partial charge in [0.15, 0.2) is 0 Å². The van der Waals surface area contributed by atoms with Crippen LogP contribution in [0.4, 0.5) is 4.79 Å². The Morgan fingerprint density at radius 2 is 1.70 bits per heavy atom. The summed E-state index contributed by atoms with van der Waals surface area (Å²) in [6, 6.07) is 15.7. The van der Waals surface area contributed by atoms with Gasteiger partial charge in [-0.05, 0) is 34.6 Å². The highest BCUT2D eigenvalue weighted by Gasteiger charge is 2.41. The van der Waals surface area contributed by atoms with Crippen molar-refractivity contribution in [1.29, 1.82) is 0 Å². The molecular formula is C26H31NO6. The minimum atomic E-state index is -0.903. The molecule has 1 amide bonds. The van der Waals surface area contributed by atoms with Gasteiger partial charge < -0.3 is 24.6 Å². The van der Waals surface area contributed by atoms with Crippen LogP contribution in [0.5, 0.6) is 0 Å². The summed E-state index contributed by atoms with van der Waals surface area (Å²) in [5.41, 5.74) is 4.59. The van der Waals surface area contributed by atoms with Gasteiger partial charge >= 0.3 is 12.1 Å². The molecule has 1 aliphatic carbocycles. The van der Waals surface area contributed by atoms with Gasteiger partial charge in [0.1, 0.15) is 12.7 Å². The number of nitrogens with one attached hydrogen (secondary N) is 1. The molecule has 0 aromatic heterocycles. The number of benzene rings is 2. The molecule has 4 rings (SSSR count). The van der Waals surface area contributed by atoms with E-state index in [1.54, 1.807) is 0 Å². The van der Waals surface area contributed by atoms with Crippen molar-refractivity contribution < 1.29 is 28.9 Å². The molecule has 1 aliphatic heterocycles. The predicted octanol–water partition coefficient (Wildman–Crippen LogP) is 3.63. The van der Waals surface area contributed by atoms with E-state index in [-0.39, 0.29) is 24.9 Å². The molecule has 7 nitrogen and oxygen atoms in total. The Balaban J connectivity index is 1.42. The molecule has 1 saturated heterocycles. The first-order valence-corrected chi connectivity index (χ1v) is 11.4. The molecule has 0 radical (unpaired) electrons. The Bertz CT molecular complexity index is 960. The number of rotatable bonds is 6. The molecule has 2 aromatic rings. The molecule has 0 unspecified atom stereocenters. The van der Waals surface area contributed by atoms with Gasteiger partial charge in [0.2, 0.25) is 0 Å². The van der Waals surface area contributed by atoms with Crippen LogP contribution in [0.3, 0.4) is 0 Å². The van der Waals surface area contributed by atoms with E-state index in [9.17, 15) is 14.7 Å². The maximum atomic E-state index is 12.7. The first kappa shape index (κ1) is 23.3. The van der Waals surface area contributed by atoms with Crippen LogP contribution in [0.2, 0.25) is 0 Å². The van der Waals surface area contributed by atoms with Crippen LogP contribution >= 0.6 is 0 Å². The fourth-order valence-corrected chi connectivity index (χ4v) is 4.90. The standard InChI is InChI=1S/C26H31NO6/c1-15(2)25-24(29)22(12-16(33-25)13-23(28)31-3)27-26(30)32-14-21-19-10-6-4-8-17(19)18-9-5-7-11-20(18)21/h4-11,15-16,21-22,24-25,29H,12-14H2,1-3H3,(H,27,30)/t16-,22-,24+,25-/m0/s1. The van der Waals surface area contributed by atoms with Gasteiger partial charge in [0.25, 0.3) is 0 Å². The summed E-state index contributed by atoms with van der Waals surface area (Å²) in [5, 5.41) is 13.6. The van der Waals surface area contributed by atoms with Gasteiger partial charge in [-0.1, -0.05) is 62.4 Å². The number of esters is 1. The van der Waals surface area contributed by atoms with Crippen molar-refractivity contribution in [2.75, 3.05) is 13.7 Å². The highest BCUT2D eigenvalue weighted by Crippen LogP contribution is 2.44. The Kier molecular flexibility index (Phi) is 7.00. The number of aliphatic hydroxyl groups is 1. The summed E-state index contributed by atoms with van der Waals surface area (Å²) in [6.45, 7) is 4.05. The van der Waals surface area contributed by atoms with Crippen LogP contribution in [-0.4, -0.2) is 55.2 Å². The van der Waals surface area contributed by atoms with Crippen molar-refractivity contribution in [3.05, 3.63) is 59.7 Å². The number of fused-ring (bicyclic) bond motifs is 3. The zero-order chi connectivity index (χ0) is 23.5. The van der Waals surface area contributed by atoms with E-state index in [0.29, 0.717) is 6.42 Å². The Morgan fingerprint density at radius 3 is 2.27 bits per heavy atom. The molecule has 4 atom stereocenters. The number of aliphatic hydroxyl groups excluding tert-OH is 1. The highest BCUT2D eigenvalue weighted by molar-refractivity contribution is 5.79. The second-order valence-electron chi connectivity index (χ2n) is 9.05. The normalized spacial score (nSPS) is 24.2. The molecule has 2 aromatic carbocycles. The number of hydrogen-bond donors (Lipinski definition) is 2. The summed E-state index contributed by atoms with van der Waals surface area (Å²) in [4.78, 5) is 24.5. The van der Waals surface area contributed by atoms with Gasteiger partial charge in [-0.25, -0.2) is 4.79 Å². The molecule has 1 fully saturated rings. The number of carbonyl (C=O) groups excluding carboxylic acids is 2. The molecule has 7 heteroatoms. The zero-order valence-corrected chi connectivity index (χ0v) is 19.2. The summed E-state index contributed by atoms with van der Waals surface area (Å²) in [7, 11) is 1.33. The van der Waals surface area contributed by atoms with Crippen molar-refractivity contribution in [1.82, 2.24) is 5.32 Å². The first-order valence-electron chi connectivity index (χ1n) is 11.4. The van der Waals surface area contributed by atoms with E-state index in [1.165, 1.54) is 7.11 Å². The molecule has 176 valence electrons. The van der Waals surface area contributed by atoms with Crippen LogP contribution in [0.1, 0.15) is 43.7 Å². The van der Waals surface area contributed by atoms with E-state index in [2.05, 4.69) is 29.6 Å². The third kappa shape index (κ3) is 4.89. The van der Waals surface area contributed by atoms with E-state index < -0.39 is 36.4 Å². The monoisotopic (exact) mass is 453 g/mol. The van der Waals surface area contributed by atoms with Gasteiger partial charge in [-0.3, -0.25) is 4.79 Å². The Labute approximate surface area is 194 Å². The fourth-order valence-electron chi connectivity index (χ4n) is 4.90. The van der Waals surface area contributed by atoms with Crippen molar-refractivity contribution in [2.24, 2.45) is 5.92 Å². The average Bonchev–Trinajstić information content (AvgIpc) is 3.13. The Morgan fingerprint density at radius 1 is 1.09 bits per heavy atom. The van der Waals surface area contributed by atoms with Crippen molar-refractivity contribution in [3.8, 4) is 11.1 Å². The van der Waals surface area contributed by atoms with E-state index in [0.717, 1.165) is 22.3 Å². The second-order valence-corrected chi connectivity index (χ2v) is 9.05. The molecule has 33 heavy (non-hydrogen) atoms. The number of carbonyl (C=O) groups is 2. The van der Waals surface area contributed by atoms with Gasteiger partial charge in [-0.15, -0.1) is 0 Å². The van der Waals surface area contributed by atoms with Crippen LogP contribution < -0.4 is 5.32 Å². The van der Waals surface area contributed by atoms with E-state index in [1.807, 2.05) is 38.1 Å². The minimum Gasteiger partial charge on any atom is -0.469 e. The van der Waals surface area contributed by atoms with Gasteiger partial charge in [0, 0.05) is 5.92 Å². The lowest BCUT2D eigenvalue weighted by Crippen LogP contribution is -2.57. The molecular weight excluding hydrogens is 422 g/mol. The molecule has 0 saturated carbocycles. The molecule has 0 spiro atoms. The topological polar surface area (TPSA) is 94.1 Å². The van der Waals surface area contributed by atoms with Crippen molar-refractivity contribution in [3.63, 3.8) is 0 Å². The van der Waals surface area contributed by atoms with E-state index >= 15 is 0 Å². The number of alkyl carbamates (subject to hydrolysis) is 1. The molecule has 1 heterocycles. The van der Waals surface area contributed by atoms with Crippen LogP contribution in [-0.2, 0) is 19.0 Å². The maximum Gasteiger partial charge on any atom is 0.407 e. The maximum absolute atomic E-state index is 12.7. The number of hydrogen-bond acceptors (Lipinski definition) is 6. The fraction of sp³-hybridized carbons (Fsp3) is 0.462. The number of ether oxygens (including phenoxy) is 3. The van der Waals surface area contributed by atoms with Gasteiger partial charge in [0.05, 0.1) is 31.8 Å². The minimum absolute atomic E-state index is 0.00672. The van der Waals surface area contributed by atoms with Crippen LogP contribution in [0.25, 0.3) is 11.1 Å². The molecule has 2 N–H and O–H groups in total. The highest BCUT2D eigenvalue weighted by atomic mass is 16.6. The Hall–Kier alpha value is -2.90. The average molecular weight is 454 g/mol. The van der Waals surface area contributed by atoms with Crippen LogP contribution in [0.15, 0.2) is 48.5 Å². The van der Waals surface area contributed by atoms with Crippen molar-refractivity contribution >= 4 is 12.1 Å². The lowest BCUT2D eigenvalue weighted by molar-refractivity contribution is -0.164. The number of methoxy groups -OCH3 is 1. The van der Waals surface area contributed by atoms with E-state index in [4.69, 9.17) is 14.2 Å². The second kappa shape index (κ2) is 9.93. The third-order valence-corrected chi connectivity index (χ3v) is 6.54. The van der Waals surface area contributed by atoms with Crippen LogP contribution in [0, 0.1) is 5.92 Å². The quantitative estimate of drug-likeness (QED) is 0.649. The molecule has 0 bridgehead atoms.